The number of hydrogen-bond donors (Lipinski definition) is 1. The molecule has 0 bridgehead atoms. The van der Waals surface area contributed by atoms with E-state index in [-0.39, 0.29) is 0 Å². The van der Waals surface area contributed by atoms with Gasteiger partial charge >= 0.3 is 0 Å². The Morgan fingerprint density at radius 3 is 2.88 bits per heavy atom. The second-order valence-electron chi connectivity index (χ2n) is 3.50. The van der Waals surface area contributed by atoms with Crippen molar-refractivity contribution in [1.29, 1.82) is 0 Å². The van der Waals surface area contributed by atoms with Crippen LogP contribution in [-0.4, -0.2) is 19.9 Å². The lowest BCUT2D eigenvalue weighted by Gasteiger charge is -1.98. The molecule has 0 amide bonds. The van der Waals surface area contributed by atoms with Gasteiger partial charge in [-0.1, -0.05) is 27.5 Å². The average Bonchev–Trinajstić information content (AvgIpc) is 2.71. The number of imidazole rings is 1. The van der Waals surface area contributed by atoms with Crippen LogP contribution in [0.5, 0.6) is 0 Å². The van der Waals surface area contributed by atoms with Crippen LogP contribution < -0.4 is 0 Å². The highest BCUT2D eigenvalue weighted by Gasteiger charge is 2.07. The molecule has 1 aromatic carbocycles. The zero-order chi connectivity index (χ0) is 11.8. The molecule has 3 aromatic rings. The number of fused-ring (bicyclic) bond motifs is 1. The fourth-order valence-corrected chi connectivity index (χ4v) is 2.45. The van der Waals surface area contributed by atoms with Crippen molar-refractivity contribution >= 4 is 38.7 Å². The normalized spacial score (nSPS) is 10.9. The minimum Gasteiger partial charge on any atom is -0.335 e. The van der Waals surface area contributed by atoms with Crippen molar-refractivity contribution in [3.8, 4) is 11.4 Å². The molecule has 0 aliphatic rings. The van der Waals surface area contributed by atoms with Crippen LogP contribution in [0.2, 0.25) is 5.02 Å². The van der Waals surface area contributed by atoms with E-state index in [1.165, 1.54) is 6.33 Å². The van der Waals surface area contributed by atoms with Gasteiger partial charge in [0.1, 0.15) is 17.7 Å². The molecule has 0 fully saturated rings. The summed E-state index contributed by atoms with van der Waals surface area (Å²) in [5.41, 5.74) is 2.35. The Morgan fingerprint density at radius 1 is 1.24 bits per heavy atom. The van der Waals surface area contributed by atoms with E-state index >= 15 is 0 Å². The van der Waals surface area contributed by atoms with E-state index in [0.29, 0.717) is 10.7 Å². The quantitative estimate of drug-likeness (QED) is 0.749. The highest BCUT2D eigenvalue weighted by atomic mass is 79.9. The number of nitrogens with zero attached hydrogens (tertiary/aromatic N) is 3. The van der Waals surface area contributed by atoms with Crippen molar-refractivity contribution < 1.29 is 0 Å². The second kappa shape index (κ2) is 4.09. The number of H-pyrrole nitrogens is 1. The zero-order valence-electron chi connectivity index (χ0n) is 8.48. The van der Waals surface area contributed by atoms with Crippen LogP contribution in [0.15, 0.2) is 35.2 Å². The lowest BCUT2D eigenvalue weighted by Crippen LogP contribution is -1.81. The first-order valence-corrected chi connectivity index (χ1v) is 6.02. The molecular weight excluding hydrogens is 304 g/mol. The summed E-state index contributed by atoms with van der Waals surface area (Å²) >= 11 is 9.40. The molecule has 0 aliphatic carbocycles. The van der Waals surface area contributed by atoms with Crippen molar-refractivity contribution in [2.24, 2.45) is 0 Å². The van der Waals surface area contributed by atoms with Crippen molar-refractivity contribution in [3.63, 3.8) is 0 Å². The van der Waals surface area contributed by atoms with E-state index in [0.717, 1.165) is 21.4 Å². The topological polar surface area (TPSA) is 54.5 Å². The van der Waals surface area contributed by atoms with Gasteiger partial charge in [0.05, 0.1) is 6.20 Å². The van der Waals surface area contributed by atoms with Gasteiger partial charge in [0.2, 0.25) is 0 Å². The summed E-state index contributed by atoms with van der Waals surface area (Å²) in [4.78, 5) is 15.5. The molecule has 6 heteroatoms. The number of hydrogen-bond acceptors (Lipinski definition) is 3. The monoisotopic (exact) mass is 308 g/mol. The minimum atomic E-state index is 0.645. The summed E-state index contributed by atoms with van der Waals surface area (Å²) in [5.74, 6) is 0.726. The van der Waals surface area contributed by atoms with Gasteiger partial charge in [0, 0.05) is 15.1 Å². The van der Waals surface area contributed by atoms with Crippen LogP contribution in [0.25, 0.3) is 22.6 Å². The molecule has 17 heavy (non-hydrogen) atoms. The van der Waals surface area contributed by atoms with Crippen LogP contribution in [0, 0.1) is 0 Å². The third-order valence-electron chi connectivity index (χ3n) is 2.30. The second-order valence-corrected chi connectivity index (χ2v) is 4.86. The van der Waals surface area contributed by atoms with Gasteiger partial charge in [-0.15, -0.1) is 0 Å². The molecule has 0 atom stereocenters. The first-order chi connectivity index (χ1) is 8.22. The van der Waals surface area contributed by atoms with Gasteiger partial charge in [-0.25, -0.2) is 15.0 Å². The van der Waals surface area contributed by atoms with E-state index in [2.05, 4.69) is 35.9 Å². The molecule has 0 spiro atoms. The standard InChI is InChI=1S/C11H6BrClN4/c12-7-1-6(2-8(13)3-7)10-16-9-4-14-5-15-11(9)17-10/h1-5H,(H,14,15,16,17). The van der Waals surface area contributed by atoms with Crippen molar-refractivity contribution in [3.05, 3.63) is 40.2 Å². The molecule has 0 aliphatic heterocycles. The maximum absolute atomic E-state index is 6.00. The summed E-state index contributed by atoms with van der Waals surface area (Å²) in [6.45, 7) is 0. The molecule has 1 N–H and O–H groups in total. The third-order valence-corrected chi connectivity index (χ3v) is 2.97. The average molecular weight is 310 g/mol. The zero-order valence-corrected chi connectivity index (χ0v) is 10.8. The highest BCUT2D eigenvalue weighted by Crippen LogP contribution is 2.26. The molecule has 4 nitrogen and oxygen atoms in total. The first-order valence-electron chi connectivity index (χ1n) is 4.84. The van der Waals surface area contributed by atoms with Crippen LogP contribution in [0.4, 0.5) is 0 Å². The molecule has 0 radical (unpaired) electrons. The lowest BCUT2D eigenvalue weighted by molar-refractivity contribution is 1.20. The number of rotatable bonds is 1. The number of aromatic nitrogens is 4. The summed E-state index contributed by atoms with van der Waals surface area (Å²) in [6, 6.07) is 5.61. The Labute approximate surface area is 110 Å². The molecule has 2 heterocycles. The van der Waals surface area contributed by atoms with Crippen LogP contribution >= 0.6 is 27.5 Å². The molecule has 0 saturated heterocycles. The lowest BCUT2D eigenvalue weighted by atomic mass is 10.2. The van der Waals surface area contributed by atoms with Gasteiger partial charge in [0.25, 0.3) is 0 Å². The number of halogens is 2. The van der Waals surface area contributed by atoms with Crippen LogP contribution in [0.3, 0.4) is 0 Å². The smallest absolute Gasteiger partial charge is 0.181 e. The van der Waals surface area contributed by atoms with E-state index in [1.807, 2.05) is 18.2 Å². The fourth-order valence-electron chi connectivity index (χ4n) is 1.59. The largest absolute Gasteiger partial charge is 0.335 e. The maximum Gasteiger partial charge on any atom is 0.181 e. The highest BCUT2D eigenvalue weighted by molar-refractivity contribution is 9.10. The van der Waals surface area contributed by atoms with E-state index < -0.39 is 0 Å². The molecule has 0 unspecified atom stereocenters. The van der Waals surface area contributed by atoms with Gasteiger partial charge in [0.15, 0.2) is 5.65 Å². The van der Waals surface area contributed by atoms with Crippen LogP contribution in [0.1, 0.15) is 0 Å². The number of benzene rings is 1. The van der Waals surface area contributed by atoms with E-state index in [4.69, 9.17) is 11.6 Å². The van der Waals surface area contributed by atoms with E-state index in [9.17, 15) is 0 Å². The molecular formula is C11H6BrClN4. The molecule has 84 valence electrons. The maximum atomic E-state index is 6.00. The Morgan fingerprint density at radius 2 is 2.12 bits per heavy atom. The van der Waals surface area contributed by atoms with Gasteiger partial charge in [-0.05, 0) is 18.2 Å². The molecule has 3 rings (SSSR count). The Kier molecular flexibility index (Phi) is 2.57. The Balaban J connectivity index is 2.20. The Bertz CT molecular complexity index is 642. The first kappa shape index (κ1) is 10.7. The van der Waals surface area contributed by atoms with Crippen molar-refractivity contribution in [2.45, 2.75) is 0 Å². The minimum absolute atomic E-state index is 0.645. The number of nitrogens with one attached hydrogen (secondary N) is 1. The Hall–Kier alpha value is -1.46. The summed E-state index contributed by atoms with van der Waals surface area (Å²) in [6.07, 6.45) is 3.17. The van der Waals surface area contributed by atoms with Gasteiger partial charge in [-0.3, -0.25) is 0 Å². The molecule has 0 saturated carbocycles. The SMILES string of the molecule is Clc1cc(Br)cc(-c2nc3ncncc3[nH]2)c1. The van der Waals surface area contributed by atoms with Gasteiger partial charge < -0.3 is 4.98 Å². The fraction of sp³-hybridized carbons (Fsp3) is 0. The number of aromatic amines is 1. The van der Waals surface area contributed by atoms with Crippen molar-refractivity contribution in [1.82, 2.24) is 19.9 Å². The summed E-state index contributed by atoms with van der Waals surface area (Å²) < 4.78 is 0.909. The van der Waals surface area contributed by atoms with Crippen LogP contribution in [-0.2, 0) is 0 Å². The van der Waals surface area contributed by atoms with Crippen molar-refractivity contribution in [2.75, 3.05) is 0 Å². The summed E-state index contributed by atoms with van der Waals surface area (Å²) in [7, 11) is 0. The van der Waals surface area contributed by atoms with Gasteiger partial charge in [-0.2, -0.15) is 0 Å². The predicted molar refractivity (Wildman–Crippen MR) is 69.8 cm³/mol. The predicted octanol–water partition coefficient (Wildman–Crippen LogP) is 3.44. The third kappa shape index (κ3) is 2.03. The summed E-state index contributed by atoms with van der Waals surface area (Å²) in [5, 5.41) is 0.654. The molecule has 2 aromatic heterocycles. The van der Waals surface area contributed by atoms with E-state index in [1.54, 1.807) is 6.20 Å².